The van der Waals surface area contributed by atoms with Crippen LogP contribution in [0, 0.1) is 0 Å². The molecule has 1 N–H and O–H groups in total. The summed E-state index contributed by atoms with van der Waals surface area (Å²) < 4.78 is 0. The van der Waals surface area contributed by atoms with Crippen molar-refractivity contribution in [1.29, 1.82) is 0 Å². The van der Waals surface area contributed by atoms with Gasteiger partial charge in [0.15, 0.2) is 0 Å². The van der Waals surface area contributed by atoms with Crippen molar-refractivity contribution < 1.29 is 4.90 Å². The smallest absolute Gasteiger partial charge is 0.103 e. The van der Waals surface area contributed by atoms with Gasteiger partial charge in [0.05, 0.1) is 6.54 Å². The summed E-state index contributed by atoms with van der Waals surface area (Å²) in [6.45, 7) is 5.57. The van der Waals surface area contributed by atoms with Crippen molar-refractivity contribution in [3.63, 3.8) is 0 Å². The van der Waals surface area contributed by atoms with Gasteiger partial charge in [0.25, 0.3) is 0 Å². The Labute approximate surface area is 122 Å². The first-order valence-corrected chi connectivity index (χ1v) is 7.32. The van der Waals surface area contributed by atoms with E-state index in [1.807, 2.05) is 0 Å². The average molecular weight is 269 g/mol. The van der Waals surface area contributed by atoms with Gasteiger partial charge in [-0.05, 0) is 19.1 Å². The maximum absolute atomic E-state index is 2.26. The average Bonchev–Trinajstić information content (AvgIpc) is 2.48. The summed E-state index contributed by atoms with van der Waals surface area (Å²) in [6.07, 6.45) is 0. The molecule has 0 bridgehead atoms. The van der Waals surface area contributed by atoms with E-state index in [1.54, 1.807) is 4.90 Å². The molecule has 106 valence electrons. The van der Waals surface area contributed by atoms with E-state index in [0.29, 0.717) is 0 Å². The van der Waals surface area contributed by atoms with Crippen molar-refractivity contribution in [2.24, 2.45) is 0 Å². The molecule has 0 saturated carbocycles. The summed E-state index contributed by atoms with van der Waals surface area (Å²) in [6, 6.07) is 19.6. The lowest BCUT2D eigenvalue weighted by atomic mass is 10.1. The molecule has 2 aromatic carbocycles. The van der Waals surface area contributed by atoms with Crippen LogP contribution in [-0.4, -0.2) is 20.6 Å². The second kappa shape index (κ2) is 7.11. The van der Waals surface area contributed by atoms with Crippen LogP contribution < -0.4 is 9.80 Å². The van der Waals surface area contributed by atoms with Crippen LogP contribution in [0.3, 0.4) is 0 Å². The molecular formula is C18H25N2+. The second-order valence-corrected chi connectivity index (χ2v) is 5.50. The Morgan fingerprint density at radius 1 is 0.800 bits per heavy atom. The molecule has 0 spiro atoms. The van der Waals surface area contributed by atoms with E-state index in [1.165, 1.54) is 16.8 Å². The molecule has 0 aliphatic rings. The first-order valence-electron chi connectivity index (χ1n) is 7.32. The number of rotatable bonds is 6. The summed E-state index contributed by atoms with van der Waals surface area (Å²) in [5, 5.41) is 0. The third-order valence-electron chi connectivity index (χ3n) is 3.70. The van der Waals surface area contributed by atoms with Crippen LogP contribution in [0.4, 0.5) is 5.69 Å². The third-order valence-corrected chi connectivity index (χ3v) is 3.70. The van der Waals surface area contributed by atoms with Crippen molar-refractivity contribution in [2.75, 3.05) is 25.5 Å². The molecule has 2 nitrogen and oxygen atoms in total. The van der Waals surface area contributed by atoms with E-state index < -0.39 is 0 Å². The van der Waals surface area contributed by atoms with E-state index in [0.717, 1.165) is 19.6 Å². The monoisotopic (exact) mass is 269 g/mol. The molecule has 0 aromatic heterocycles. The fourth-order valence-corrected chi connectivity index (χ4v) is 2.40. The van der Waals surface area contributed by atoms with Gasteiger partial charge >= 0.3 is 0 Å². The number of nitrogens with zero attached hydrogens (tertiary/aromatic N) is 1. The number of benzene rings is 2. The van der Waals surface area contributed by atoms with Crippen molar-refractivity contribution in [3.8, 4) is 0 Å². The minimum Gasteiger partial charge on any atom is -0.378 e. The van der Waals surface area contributed by atoms with Crippen molar-refractivity contribution >= 4 is 5.69 Å². The summed E-state index contributed by atoms with van der Waals surface area (Å²) in [5.74, 6) is 0. The predicted molar refractivity (Wildman–Crippen MR) is 86.1 cm³/mol. The van der Waals surface area contributed by atoms with Crippen molar-refractivity contribution in [3.05, 3.63) is 65.7 Å². The Hall–Kier alpha value is -1.80. The standard InChI is InChI=1S/C18H24N2/c1-4-20(14-16-8-6-5-7-9-16)15-17-10-12-18(13-11-17)19(2)3/h5-13H,4,14-15H2,1-3H3/p+1. The number of quaternary nitrogens is 1. The third kappa shape index (κ3) is 4.10. The van der Waals surface area contributed by atoms with Gasteiger partial charge in [-0.1, -0.05) is 42.5 Å². The van der Waals surface area contributed by atoms with Crippen LogP contribution in [0.5, 0.6) is 0 Å². The molecule has 2 aromatic rings. The maximum atomic E-state index is 2.26. The first kappa shape index (κ1) is 14.6. The largest absolute Gasteiger partial charge is 0.378 e. The number of anilines is 1. The molecule has 0 aliphatic heterocycles. The van der Waals surface area contributed by atoms with E-state index in [9.17, 15) is 0 Å². The van der Waals surface area contributed by atoms with E-state index in [4.69, 9.17) is 0 Å². The topological polar surface area (TPSA) is 7.68 Å². The Morgan fingerprint density at radius 3 is 1.85 bits per heavy atom. The van der Waals surface area contributed by atoms with E-state index in [2.05, 4.69) is 80.5 Å². The van der Waals surface area contributed by atoms with Gasteiger partial charge in [0, 0.05) is 30.9 Å². The molecule has 0 amide bonds. The molecule has 0 saturated heterocycles. The van der Waals surface area contributed by atoms with Gasteiger partial charge in [-0.2, -0.15) is 0 Å². The maximum Gasteiger partial charge on any atom is 0.103 e. The fraction of sp³-hybridized carbons (Fsp3) is 0.333. The van der Waals surface area contributed by atoms with Crippen molar-refractivity contribution in [1.82, 2.24) is 0 Å². The molecule has 20 heavy (non-hydrogen) atoms. The fourth-order valence-electron chi connectivity index (χ4n) is 2.40. The molecular weight excluding hydrogens is 244 g/mol. The van der Waals surface area contributed by atoms with Crippen LogP contribution in [-0.2, 0) is 13.1 Å². The van der Waals surface area contributed by atoms with Crippen LogP contribution in [0.2, 0.25) is 0 Å². The Balaban J connectivity index is 1.99. The molecule has 1 atom stereocenters. The normalized spacial score (nSPS) is 12.2. The van der Waals surface area contributed by atoms with Gasteiger partial charge in [-0.25, -0.2) is 0 Å². The molecule has 2 heteroatoms. The molecule has 2 rings (SSSR count). The van der Waals surface area contributed by atoms with Crippen LogP contribution in [0.1, 0.15) is 18.1 Å². The highest BCUT2D eigenvalue weighted by atomic mass is 15.1. The quantitative estimate of drug-likeness (QED) is 0.846. The van der Waals surface area contributed by atoms with Crippen molar-refractivity contribution in [2.45, 2.75) is 20.0 Å². The zero-order chi connectivity index (χ0) is 14.4. The summed E-state index contributed by atoms with van der Waals surface area (Å²) >= 11 is 0. The SMILES string of the molecule is CC[NH+](Cc1ccccc1)Cc1ccc(N(C)C)cc1. The lowest BCUT2D eigenvalue weighted by molar-refractivity contribution is -0.925. The molecule has 0 fully saturated rings. The second-order valence-electron chi connectivity index (χ2n) is 5.50. The highest BCUT2D eigenvalue weighted by Gasteiger charge is 2.08. The highest BCUT2D eigenvalue weighted by molar-refractivity contribution is 5.45. The Bertz CT molecular complexity index is 503. The van der Waals surface area contributed by atoms with Gasteiger partial charge < -0.3 is 9.80 Å². The molecule has 0 heterocycles. The minimum atomic E-state index is 1.08. The number of hydrogen-bond acceptors (Lipinski definition) is 1. The van der Waals surface area contributed by atoms with Crippen LogP contribution in [0.15, 0.2) is 54.6 Å². The molecule has 0 aliphatic carbocycles. The Morgan fingerprint density at radius 2 is 1.35 bits per heavy atom. The van der Waals surface area contributed by atoms with E-state index in [-0.39, 0.29) is 0 Å². The summed E-state index contributed by atoms with van der Waals surface area (Å²) in [4.78, 5) is 3.73. The zero-order valence-electron chi connectivity index (χ0n) is 12.8. The van der Waals surface area contributed by atoms with Gasteiger partial charge in [-0.3, -0.25) is 0 Å². The summed E-state index contributed by atoms with van der Waals surface area (Å²) in [5.41, 5.74) is 4.08. The predicted octanol–water partition coefficient (Wildman–Crippen LogP) is 2.36. The van der Waals surface area contributed by atoms with Gasteiger partial charge in [0.2, 0.25) is 0 Å². The summed E-state index contributed by atoms with van der Waals surface area (Å²) in [7, 11) is 4.15. The zero-order valence-corrected chi connectivity index (χ0v) is 12.8. The minimum absolute atomic E-state index is 1.08. The van der Waals surface area contributed by atoms with E-state index >= 15 is 0 Å². The highest BCUT2D eigenvalue weighted by Crippen LogP contribution is 2.11. The number of hydrogen-bond donors (Lipinski definition) is 1. The molecule has 0 radical (unpaired) electrons. The molecule has 1 unspecified atom stereocenters. The van der Waals surface area contributed by atoms with Crippen LogP contribution in [0.25, 0.3) is 0 Å². The van der Waals surface area contributed by atoms with Gasteiger partial charge in [-0.15, -0.1) is 0 Å². The lowest BCUT2D eigenvalue weighted by Gasteiger charge is -2.19. The number of nitrogens with one attached hydrogen (secondary N) is 1. The lowest BCUT2D eigenvalue weighted by Crippen LogP contribution is -3.09. The Kier molecular flexibility index (Phi) is 5.19. The van der Waals surface area contributed by atoms with Crippen LogP contribution >= 0.6 is 0 Å². The van der Waals surface area contributed by atoms with Gasteiger partial charge in [0.1, 0.15) is 13.1 Å². The first-order chi connectivity index (χ1) is 9.69.